The van der Waals surface area contributed by atoms with Gasteiger partial charge in [0, 0.05) is 6.42 Å². The molecule has 6 heteroatoms. The van der Waals surface area contributed by atoms with Crippen molar-refractivity contribution in [2.45, 2.75) is 18.9 Å². The van der Waals surface area contributed by atoms with E-state index in [1.54, 1.807) is 0 Å². The molecule has 4 N–H and O–H groups in total. The van der Waals surface area contributed by atoms with Crippen LogP contribution >= 0.6 is 0 Å². The minimum absolute atomic E-state index is 0.0879. The number of rotatable bonds is 6. The van der Waals surface area contributed by atoms with Gasteiger partial charge in [-0.1, -0.05) is 0 Å². The normalized spacial score (nSPS) is 11.8. The summed E-state index contributed by atoms with van der Waals surface area (Å²) in [4.78, 5) is 31.1. The third kappa shape index (κ3) is 5.80. The first-order valence-corrected chi connectivity index (χ1v) is 3.76. The highest BCUT2D eigenvalue weighted by Crippen LogP contribution is 1.94. The molecule has 1 unspecified atom stereocenters. The molecule has 13 heavy (non-hydrogen) atoms. The summed E-state index contributed by atoms with van der Waals surface area (Å²) >= 11 is 0. The average molecular weight is 188 g/mol. The molecule has 0 aromatic heterocycles. The van der Waals surface area contributed by atoms with Gasteiger partial charge in [0.2, 0.25) is 5.91 Å². The Hall–Kier alpha value is -1.43. The van der Waals surface area contributed by atoms with Crippen LogP contribution in [0, 0.1) is 0 Å². The zero-order valence-corrected chi connectivity index (χ0v) is 7.03. The van der Waals surface area contributed by atoms with Crippen molar-refractivity contribution >= 4 is 18.2 Å². The van der Waals surface area contributed by atoms with Crippen LogP contribution in [0.2, 0.25) is 0 Å². The Morgan fingerprint density at radius 1 is 1.54 bits per heavy atom. The molecule has 0 aromatic rings. The molecule has 0 aromatic carbocycles. The molecule has 1 atom stereocenters. The number of carbonyl (C=O) groups is 3. The Labute approximate surface area is 75.1 Å². The van der Waals surface area contributed by atoms with Crippen molar-refractivity contribution in [3.8, 4) is 0 Å². The van der Waals surface area contributed by atoms with Crippen molar-refractivity contribution < 1.29 is 19.5 Å². The van der Waals surface area contributed by atoms with E-state index >= 15 is 0 Å². The fourth-order valence-corrected chi connectivity index (χ4v) is 0.719. The molecule has 0 aliphatic rings. The monoisotopic (exact) mass is 188 g/mol. The molecule has 74 valence electrons. The van der Waals surface area contributed by atoms with Gasteiger partial charge >= 0.3 is 5.97 Å². The second-order valence-corrected chi connectivity index (χ2v) is 2.45. The van der Waals surface area contributed by atoms with Crippen molar-refractivity contribution in [1.82, 2.24) is 5.32 Å². The number of aliphatic carboxylic acids is 1. The largest absolute Gasteiger partial charge is 0.481 e. The van der Waals surface area contributed by atoms with Gasteiger partial charge in [-0.2, -0.15) is 0 Å². The van der Waals surface area contributed by atoms with Crippen LogP contribution in [0.5, 0.6) is 0 Å². The van der Waals surface area contributed by atoms with Crippen molar-refractivity contribution in [1.29, 1.82) is 0 Å². The summed E-state index contributed by atoms with van der Waals surface area (Å²) < 4.78 is 0. The molecule has 0 saturated heterocycles. The SMILES string of the molecule is NCC(=O)NC(C=O)CCC(=O)O. The first-order valence-electron chi connectivity index (χ1n) is 3.76. The first-order chi connectivity index (χ1) is 6.10. The lowest BCUT2D eigenvalue weighted by atomic mass is 10.2. The third-order valence-corrected chi connectivity index (χ3v) is 1.37. The fraction of sp³-hybridized carbons (Fsp3) is 0.571. The topological polar surface area (TPSA) is 109 Å². The summed E-state index contributed by atoms with van der Waals surface area (Å²) in [7, 11) is 0. The lowest BCUT2D eigenvalue weighted by molar-refractivity contribution is -0.137. The first kappa shape index (κ1) is 11.6. The maximum Gasteiger partial charge on any atom is 0.303 e. The van der Waals surface area contributed by atoms with Gasteiger partial charge in [0.15, 0.2) is 0 Å². The minimum atomic E-state index is -1.01. The number of aldehydes is 1. The summed E-state index contributed by atoms with van der Waals surface area (Å²) in [5, 5.41) is 10.6. The van der Waals surface area contributed by atoms with Gasteiger partial charge in [0.1, 0.15) is 6.29 Å². The van der Waals surface area contributed by atoms with Gasteiger partial charge < -0.3 is 21.0 Å². The summed E-state index contributed by atoms with van der Waals surface area (Å²) in [5.41, 5.74) is 4.99. The number of nitrogens with one attached hydrogen (secondary N) is 1. The van der Waals surface area contributed by atoms with Crippen LogP contribution in [0.4, 0.5) is 0 Å². The molecule has 0 bridgehead atoms. The van der Waals surface area contributed by atoms with Gasteiger partial charge in [0.25, 0.3) is 0 Å². The predicted molar refractivity (Wildman–Crippen MR) is 43.9 cm³/mol. The second-order valence-electron chi connectivity index (χ2n) is 2.45. The molecule has 0 heterocycles. The van der Waals surface area contributed by atoms with E-state index in [-0.39, 0.29) is 19.4 Å². The van der Waals surface area contributed by atoms with E-state index in [0.717, 1.165) is 0 Å². The van der Waals surface area contributed by atoms with Crippen molar-refractivity contribution in [3.05, 3.63) is 0 Å². The molecule has 0 fully saturated rings. The number of hydrogen-bond acceptors (Lipinski definition) is 4. The Kier molecular flexibility index (Phi) is 5.45. The Morgan fingerprint density at radius 3 is 2.54 bits per heavy atom. The minimum Gasteiger partial charge on any atom is -0.481 e. The average Bonchev–Trinajstić information content (AvgIpc) is 2.11. The molecule has 0 aliphatic heterocycles. The highest BCUT2D eigenvalue weighted by atomic mass is 16.4. The quantitative estimate of drug-likeness (QED) is 0.439. The van der Waals surface area contributed by atoms with E-state index in [1.165, 1.54) is 0 Å². The highest BCUT2D eigenvalue weighted by molar-refractivity contribution is 5.81. The standard InChI is InChI=1S/C7H12N2O4/c8-3-6(11)9-5(4-10)1-2-7(12)13/h4-5H,1-3,8H2,(H,9,11)(H,12,13). The van der Waals surface area contributed by atoms with E-state index in [0.29, 0.717) is 6.29 Å². The Morgan fingerprint density at radius 2 is 2.15 bits per heavy atom. The highest BCUT2D eigenvalue weighted by Gasteiger charge is 2.11. The van der Waals surface area contributed by atoms with Gasteiger partial charge in [-0.15, -0.1) is 0 Å². The lowest BCUT2D eigenvalue weighted by Crippen LogP contribution is -2.39. The zero-order chi connectivity index (χ0) is 10.3. The van der Waals surface area contributed by atoms with E-state index in [4.69, 9.17) is 10.8 Å². The molecule has 0 radical (unpaired) electrons. The maximum atomic E-state index is 10.7. The van der Waals surface area contributed by atoms with Gasteiger partial charge in [0.05, 0.1) is 12.6 Å². The molecule has 1 amide bonds. The predicted octanol–water partition coefficient (Wildman–Crippen LogP) is -1.51. The van der Waals surface area contributed by atoms with Crippen molar-refractivity contribution in [2.75, 3.05) is 6.54 Å². The maximum absolute atomic E-state index is 10.7. The molecular formula is C7H12N2O4. The fourth-order valence-electron chi connectivity index (χ4n) is 0.719. The van der Waals surface area contributed by atoms with Crippen LogP contribution in [-0.2, 0) is 14.4 Å². The number of nitrogens with two attached hydrogens (primary N) is 1. The van der Waals surface area contributed by atoms with Crippen LogP contribution in [0.15, 0.2) is 0 Å². The van der Waals surface area contributed by atoms with E-state index in [9.17, 15) is 14.4 Å². The Bertz CT molecular complexity index is 205. The van der Waals surface area contributed by atoms with Crippen molar-refractivity contribution in [2.24, 2.45) is 5.73 Å². The van der Waals surface area contributed by atoms with Crippen molar-refractivity contribution in [3.63, 3.8) is 0 Å². The molecule has 0 rings (SSSR count). The lowest BCUT2D eigenvalue weighted by Gasteiger charge is -2.09. The van der Waals surface area contributed by atoms with Crippen LogP contribution < -0.4 is 11.1 Å². The van der Waals surface area contributed by atoms with Gasteiger partial charge in [-0.05, 0) is 6.42 Å². The Balaban J connectivity index is 3.82. The second kappa shape index (κ2) is 6.13. The van der Waals surface area contributed by atoms with Crippen LogP contribution in [0.1, 0.15) is 12.8 Å². The summed E-state index contributed by atoms with van der Waals surface area (Å²) in [6.45, 7) is -0.211. The van der Waals surface area contributed by atoms with Crippen LogP contribution in [0.25, 0.3) is 0 Å². The smallest absolute Gasteiger partial charge is 0.303 e. The molecule has 0 saturated carbocycles. The number of carboxylic acids is 1. The zero-order valence-electron chi connectivity index (χ0n) is 7.03. The molecule has 6 nitrogen and oxygen atoms in total. The van der Waals surface area contributed by atoms with E-state index in [1.807, 2.05) is 0 Å². The number of carbonyl (C=O) groups excluding carboxylic acids is 2. The molecular weight excluding hydrogens is 176 g/mol. The molecule has 0 spiro atoms. The summed E-state index contributed by atoms with van der Waals surface area (Å²) in [5.74, 6) is -1.48. The van der Waals surface area contributed by atoms with Crippen LogP contribution in [0.3, 0.4) is 0 Å². The molecule has 0 aliphatic carbocycles. The van der Waals surface area contributed by atoms with E-state index < -0.39 is 17.9 Å². The third-order valence-electron chi connectivity index (χ3n) is 1.37. The van der Waals surface area contributed by atoms with Crippen LogP contribution in [-0.4, -0.2) is 35.9 Å². The van der Waals surface area contributed by atoms with Gasteiger partial charge in [-0.25, -0.2) is 0 Å². The summed E-state index contributed by atoms with van der Waals surface area (Å²) in [6.07, 6.45) is 0.426. The number of carboxylic acid groups (broad SMARTS) is 1. The number of hydrogen-bond donors (Lipinski definition) is 3. The van der Waals surface area contributed by atoms with E-state index in [2.05, 4.69) is 5.32 Å². The van der Waals surface area contributed by atoms with Gasteiger partial charge in [-0.3, -0.25) is 9.59 Å². The number of amides is 1. The summed E-state index contributed by atoms with van der Waals surface area (Å²) in [6, 6.07) is -0.757.